The fourth-order valence-electron chi connectivity index (χ4n) is 2.91. The van der Waals surface area contributed by atoms with Crippen molar-refractivity contribution in [1.29, 1.82) is 0 Å². The topological polar surface area (TPSA) is 64.1 Å². The van der Waals surface area contributed by atoms with E-state index in [1.807, 2.05) is 24.3 Å². The fourth-order valence-corrected chi connectivity index (χ4v) is 3.40. The first-order valence-electron chi connectivity index (χ1n) is 8.73. The molecule has 0 saturated heterocycles. The molecule has 8 heteroatoms. The van der Waals surface area contributed by atoms with E-state index in [4.69, 9.17) is 27.9 Å². The Hall–Kier alpha value is -2.86. The second-order valence-corrected chi connectivity index (χ2v) is 7.07. The van der Waals surface area contributed by atoms with Crippen molar-refractivity contribution in [3.05, 3.63) is 82.3 Å². The Morgan fingerprint density at radius 2 is 1.70 bits per heavy atom. The quantitative estimate of drug-likeness (QED) is 0.350. The van der Waals surface area contributed by atoms with E-state index in [9.17, 15) is 4.79 Å². The van der Waals surface area contributed by atoms with Gasteiger partial charge in [-0.05, 0) is 54.6 Å². The molecule has 4 rings (SSSR count). The Morgan fingerprint density at radius 1 is 0.967 bits per heavy atom. The molecule has 0 bridgehead atoms. The van der Waals surface area contributed by atoms with E-state index in [0.29, 0.717) is 32.8 Å². The fraction of sp³-hybridized carbons (Fsp3) is 0.0455. The van der Waals surface area contributed by atoms with Gasteiger partial charge in [0.1, 0.15) is 5.82 Å². The van der Waals surface area contributed by atoms with E-state index >= 15 is 0 Å². The van der Waals surface area contributed by atoms with Gasteiger partial charge in [-0.15, -0.1) is 12.4 Å². The number of ether oxygens (including phenoxy) is 1. The van der Waals surface area contributed by atoms with Crippen LogP contribution in [0.3, 0.4) is 0 Å². The van der Waals surface area contributed by atoms with Crippen molar-refractivity contribution >= 4 is 64.0 Å². The van der Waals surface area contributed by atoms with Gasteiger partial charge in [0, 0.05) is 21.7 Å². The summed E-state index contributed by atoms with van der Waals surface area (Å²) in [5.74, 6) is 0.727. The molecule has 0 saturated carbocycles. The van der Waals surface area contributed by atoms with Crippen LogP contribution in [0.1, 0.15) is 10.4 Å². The van der Waals surface area contributed by atoms with Crippen molar-refractivity contribution in [2.75, 3.05) is 12.4 Å². The molecule has 0 fully saturated rings. The van der Waals surface area contributed by atoms with Gasteiger partial charge < -0.3 is 10.1 Å². The number of carbonyl (C=O) groups is 1. The number of carbonyl (C=O) groups excluding carboxylic acids is 1. The first kappa shape index (κ1) is 21.8. The molecule has 0 amide bonds. The molecule has 1 aromatic heterocycles. The molecular weight excluding hydrogens is 445 g/mol. The zero-order valence-corrected chi connectivity index (χ0v) is 18.1. The second kappa shape index (κ2) is 9.30. The van der Waals surface area contributed by atoms with Crippen molar-refractivity contribution in [2.24, 2.45) is 0 Å². The molecule has 3 aromatic carbocycles. The van der Waals surface area contributed by atoms with Gasteiger partial charge in [-0.2, -0.15) is 0 Å². The molecule has 0 radical (unpaired) electrons. The molecule has 0 aliphatic carbocycles. The van der Waals surface area contributed by atoms with E-state index < -0.39 is 0 Å². The maximum absolute atomic E-state index is 11.6. The van der Waals surface area contributed by atoms with Crippen LogP contribution in [-0.2, 0) is 4.74 Å². The molecule has 4 aromatic rings. The van der Waals surface area contributed by atoms with Gasteiger partial charge >= 0.3 is 5.97 Å². The number of para-hydroxylation sites is 1. The number of aromatic nitrogens is 2. The van der Waals surface area contributed by atoms with Crippen molar-refractivity contribution < 1.29 is 9.53 Å². The van der Waals surface area contributed by atoms with E-state index in [1.165, 1.54) is 7.11 Å². The Balaban J connectivity index is 0.00000256. The number of nitrogens with zero attached hydrogens (tertiary/aromatic N) is 2. The number of fused-ring (bicyclic) bond motifs is 1. The lowest BCUT2D eigenvalue weighted by Gasteiger charge is -2.12. The van der Waals surface area contributed by atoms with Gasteiger partial charge in [0.05, 0.1) is 23.2 Å². The summed E-state index contributed by atoms with van der Waals surface area (Å²) < 4.78 is 4.73. The monoisotopic (exact) mass is 459 g/mol. The minimum absolute atomic E-state index is 0. The number of anilines is 2. The highest BCUT2D eigenvalue weighted by Crippen LogP contribution is 2.32. The van der Waals surface area contributed by atoms with Crippen LogP contribution >= 0.6 is 35.6 Å². The predicted octanol–water partition coefficient (Wildman–Crippen LogP) is 6.56. The zero-order valence-electron chi connectivity index (χ0n) is 15.7. The van der Waals surface area contributed by atoms with Gasteiger partial charge in [-0.25, -0.2) is 14.8 Å². The number of benzene rings is 3. The smallest absolute Gasteiger partial charge is 0.337 e. The first-order chi connectivity index (χ1) is 14.0. The average Bonchev–Trinajstić information content (AvgIpc) is 2.73. The summed E-state index contributed by atoms with van der Waals surface area (Å²) >= 11 is 12.4. The molecular formula is C22H16Cl3N3O2. The first-order valence-corrected chi connectivity index (χ1v) is 9.48. The van der Waals surface area contributed by atoms with Gasteiger partial charge in [-0.1, -0.05) is 35.3 Å². The normalized spacial score (nSPS) is 10.4. The lowest BCUT2D eigenvalue weighted by molar-refractivity contribution is 0.0601. The summed E-state index contributed by atoms with van der Waals surface area (Å²) in [7, 11) is 1.35. The summed E-state index contributed by atoms with van der Waals surface area (Å²) in [4.78, 5) is 21.0. The lowest BCUT2D eigenvalue weighted by Crippen LogP contribution is -2.02. The maximum atomic E-state index is 11.6. The average molecular weight is 461 g/mol. The van der Waals surface area contributed by atoms with Crippen molar-refractivity contribution in [3.63, 3.8) is 0 Å². The molecule has 1 heterocycles. The standard InChI is InChI=1S/C22H15Cl2N3O2.ClH/c1-29-22(28)13-6-9-15(10-7-13)25-21-17-4-2-3-5-19(17)26-20(27-21)16-11-8-14(23)12-18(16)24;/h2-12H,1H3,(H,25,26,27);1H. The molecule has 0 spiro atoms. The number of hydrogen-bond donors (Lipinski definition) is 1. The maximum Gasteiger partial charge on any atom is 0.337 e. The van der Waals surface area contributed by atoms with E-state index in [2.05, 4.69) is 15.3 Å². The molecule has 0 aliphatic heterocycles. The number of rotatable bonds is 4. The Morgan fingerprint density at radius 3 is 2.40 bits per heavy atom. The number of nitrogens with one attached hydrogen (secondary N) is 1. The van der Waals surface area contributed by atoms with Crippen LogP contribution in [0.15, 0.2) is 66.7 Å². The Labute approximate surface area is 189 Å². The third-order valence-electron chi connectivity index (χ3n) is 4.34. The van der Waals surface area contributed by atoms with Crippen LogP contribution < -0.4 is 5.32 Å². The largest absolute Gasteiger partial charge is 0.465 e. The number of esters is 1. The van der Waals surface area contributed by atoms with Gasteiger partial charge in [0.2, 0.25) is 0 Å². The van der Waals surface area contributed by atoms with Crippen molar-refractivity contribution in [3.8, 4) is 11.4 Å². The van der Waals surface area contributed by atoms with Crippen LogP contribution in [0, 0.1) is 0 Å². The highest BCUT2D eigenvalue weighted by molar-refractivity contribution is 6.36. The minimum Gasteiger partial charge on any atom is -0.465 e. The van der Waals surface area contributed by atoms with Gasteiger partial charge in [0.15, 0.2) is 5.82 Å². The zero-order chi connectivity index (χ0) is 20.4. The van der Waals surface area contributed by atoms with E-state index in [-0.39, 0.29) is 18.4 Å². The number of methoxy groups -OCH3 is 1. The number of hydrogen-bond acceptors (Lipinski definition) is 5. The summed E-state index contributed by atoms with van der Waals surface area (Å²) in [5.41, 5.74) is 2.71. The molecule has 0 aliphatic rings. The summed E-state index contributed by atoms with van der Waals surface area (Å²) in [5, 5.41) is 5.18. The van der Waals surface area contributed by atoms with E-state index in [0.717, 1.165) is 16.6 Å². The molecule has 5 nitrogen and oxygen atoms in total. The summed E-state index contributed by atoms with van der Waals surface area (Å²) in [6.07, 6.45) is 0. The van der Waals surface area contributed by atoms with Crippen LogP contribution in [0.25, 0.3) is 22.3 Å². The van der Waals surface area contributed by atoms with Crippen LogP contribution in [0.5, 0.6) is 0 Å². The highest BCUT2D eigenvalue weighted by Gasteiger charge is 2.13. The summed E-state index contributed by atoms with van der Waals surface area (Å²) in [6.45, 7) is 0. The van der Waals surface area contributed by atoms with Gasteiger partial charge in [-0.3, -0.25) is 0 Å². The van der Waals surface area contributed by atoms with Crippen molar-refractivity contribution in [1.82, 2.24) is 9.97 Å². The number of halogens is 3. The highest BCUT2D eigenvalue weighted by atomic mass is 35.5. The molecule has 152 valence electrons. The SMILES string of the molecule is COC(=O)c1ccc(Nc2nc(-c3ccc(Cl)cc3Cl)nc3ccccc23)cc1.Cl. The third kappa shape index (κ3) is 4.49. The molecule has 30 heavy (non-hydrogen) atoms. The van der Waals surface area contributed by atoms with Crippen LogP contribution in [0.4, 0.5) is 11.5 Å². The van der Waals surface area contributed by atoms with Crippen LogP contribution in [0.2, 0.25) is 10.0 Å². The van der Waals surface area contributed by atoms with Crippen molar-refractivity contribution in [2.45, 2.75) is 0 Å². The molecule has 0 atom stereocenters. The second-order valence-electron chi connectivity index (χ2n) is 6.23. The summed E-state index contributed by atoms with van der Waals surface area (Å²) in [6, 6.07) is 19.9. The van der Waals surface area contributed by atoms with Gasteiger partial charge in [0.25, 0.3) is 0 Å². The molecule has 1 N–H and O–H groups in total. The van der Waals surface area contributed by atoms with Crippen LogP contribution in [-0.4, -0.2) is 23.0 Å². The Kier molecular flexibility index (Phi) is 6.77. The lowest BCUT2D eigenvalue weighted by atomic mass is 10.1. The Bertz CT molecular complexity index is 1210. The third-order valence-corrected chi connectivity index (χ3v) is 4.89. The molecule has 0 unspecified atom stereocenters. The predicted molar refractivity (Wildman–Crippen MR) is 123 cm³/mol. The minimum atomic E-state index is -0.385. The van der Waals surface area contributed by atoms with E-state index in [1.54, 1.807) is 42.5 Å².